The lowest BCUT2D eigenvalue weighted by Gasteiger charge is -2.35. The fourth-order valence-corrected chi connectivity index (χ4v) is 6.64. The number of piperazine rings is 1. The first kappa shape index (κ1) is 30.9. The number of hydrogen-bond acceptors (Lipinski definition) is 8. The molecule has 3 heterocycles. The minimum atomic E-state index is -2.24. The summed E-state index contributed by atoms with van der Waals surface area (Å²) in [5, 5.41) is 21.4. The number of halogens is 3. The van der Waals surface area contributed by atoms with Crippen molar-refractivity contribution in [1.29, 1.82) is 0 Å². The Morgan fingerprint density at radius 1 is 0.932 bits per heavy atom. The lowest BCUT2D eigenvalue weighted by atomic mass is 9.95. The first-order chi connectivity index (χ1) is 21.0. The van der Waals surface area contributed by atoms with E-state index in [2.05, 4.69) is 16.8 Å². The Bertz CT molecular complexity index is 1550. The van der Waals surface area contributed by atoms with Crippen LogP contribution >= 0.6 is 23.2 Å². The number of fused-ring (bicyclic) bond motifs is 1. The van der Waals surface area contributed by atoms with E-state index >= 15 is 4.39 Å². The predicted octanol–water partition coefficient (Wildman–Crippen LogP) is 4.54. The largest absolute Gasteiger partial charge is 0.472 e. The minimum Gasteiger partial charge on any atom is -0.472 e. The Morgan fingerprint density at radius 3 is 2.27 bits per heavy atom. The van der Waals surface area contributed by atoms with E-state index in [-0.39, 0.29) is 45.9 Å². The van der Waals surface area contributed by atoms with Gasteiger partial charge in [0, 0.05) is 72.9 Å². The Balaban J connectivity index is 1.28. The predicted molar refractivity (Wildman–Crippen MR) is 168 cm³/mol. The van der Waals surface area contributed by atoms with Crippen LogP contribution in [0.2, 0.25) is 10.0 Å². The van der Waals surface area contributed by atoms with Crippen LogP contribution in [0.4, 0.5) is 15.8 Å². The fourth-order valence-electron chi connectivity index (χ4n) is 6.00. The van der Waals surface area contributed by atoms with Crippen LogP contribution in [0.1, 0.15) is 28.4 Å². The molecule has 0 radical (unpaired) electrons. The van der Waals surface area contributed by atoms with E-state index < -0.39 is 11.6 Å². The van der Waals surface area contributed by atoms with Gasteiger partial charge in [0.1, 0.15) is 11.6 Å². The summed E-state index contributed by atoms with van der Waals surface area (Å²) >= 11 is 13.3. The van der Waals surface area contributed by atoms with E-state index in [1.807, 2.05) is 11.0 Å². The van der Waals surface area contributed by atoms with E-state index in [0.29, 0.717) is 48.9 Å². The Kier molecular flexibility index (Phi) is 8.67. The van der Waals surface area contributed by atoms with Crippen LogP contribution in [-0.4, -0.2) is 92.2 Å². The summed E-state index contributed by atoms with van der Waals surface area (Å²) in [6.07, 6.45) is 0. The number of ether oxygens (including phenoxy) is 2. The van der Waals surface area contributed by atoms with E-state index in [1.54, 1.807) is 30.3 Å². The van der Waals surface area contributed by atoms with Gasteiger partial charge in [-0.3, -0.25) is 4.79 Å². The molecule has 6 rings (SSSR count). The van der Waals surface area contributed by atoms with Gasteiger partial charge in [0.05, 0.1) is 35.4 Å². The Labute approximate surface area is 265 Å². The number of carbonyl (C=O) groups excluding carboxylic acids is 1. The van der Waals surface area contributed by atoms with Crippen LogP contribution in [0.3, 0.4) is 0 Å². The average Bonchev–Trinajstić information content (AvgIpc) is 3.00. The maximum absolute atomic E-state index is 15.7. The lowest BCUT2D eigenvalue weighted by molar-refractivity contribution is -0.152. The summed E-state index contributed by atoms with van der Waals surface area (Å²) in [4.78, 5) is 21.6. The second-order valence-corrected chi connectivity index (χ2v) is 12.4. The van der Waals surface area contributed by atoms with Crippen molar-refractivity contribution < 1.29 is 28.9 Å². The number of nitrogens with zero attached hydrogens (tertiary/aromatic N) is 4. The van der Waals surface area contributed by atoms with Crippen LogP contribution in [-0.2, 0) is 17.1 Å². The molecule has 0 atom stereocenters. The van der Waals surface area contributed by atoms with E-state index in [1.165, 1.54) is 11.8 Å². The van der Waals surface area contributed by atoms with Crippen molar-refractivity contribution in [2.24, 2.45) is 0 Å². The molecule has 12 heteroatoms. The zero-order valence-electron chi connectivity index (χ0n) is 24.7. The molecule has 3 aromatic carbocycles. The summed E-state index contributed by atoms with van der Waals surface area (Å²) in [5.41, 5.74) is 3.10. The molecule has 0 bridgehead atoms. The molecule has 3 aliphatic rings. The molecule has 234 valence electrons. The van der Waals surface area contributed by atoms with E-state index in [4.69, 9.17) is 32.7 Å². The first-order valence-electron chi connectivity index (χ1n) is 14.6. The van der Waals surface area contributed by atoms with Gasteiger partial charge in [-0.25, -0.2) is 4.39 Å². The third-order valence-corrected chi connectivity index (χ3v) is 9.05. The van der Waals surface area contributed by atoms with Gasteiger partial charge in [-0.2, -0.15) is 0 Å². The number of amides is 1. The normalized spacial score (nSPS) is 17.8. The minimum absolute atomic E-state index is 0.0653. The molecule has 1 amide bonds. The molecule has 3 aliphatic heterocycles. The van der Waals surface area contributed by atoms with Crippen LogP contribution in [0, 0.1) is 5.82 Å². The lowest BCUT2D eigenvalue weighted by Crippen LogP contribution is -2.44. The van der Waals surface area contributed by atoms with E-state index in [9.17, 15) is 15.0 Å². The third kappa shape index (κ3) is 6.07. The number of hydrogen-bond donors (Lipinski definition) is 2. The quantitative estimate of drug-likeness (QED) is 0.392. The summed E-state index contributed by atoms with van der Waals surface area (Å²) in [6.45, 7) is 6.85. The Morgan fingerprint density at radius 2 is 1.61 bits per heavy atom. The number of para-hydroxylation sites is 1. The highest BCUT2D eigenvalue weighted by Crippen LogP contribution is 2.42. The first-order valence-corrected chi connectivity index (χ1v) is 15.3. The molecule has 2 fully saturated rings. The molecule has 2 saturated heterocycles. The number of rotatable bonds is 5. The third-order valence-electron chi connectivity index (χ3n) is 8.46. The molecule has 0 saturated carbocycles. The van der Waals surface area contributed by atoms with Gasteiger partial charge in [0.2, 0.25) is 0 Å². The molecule has 2 N–H and O–H groups in total. The standard InChI is InChI=1S/C32H35Cl2FN4O5/c1-32(41,42)24-17-27(35)23(16-28(24)38-10-12-43-13-11-38)22-5-3-4-20-18-39(19-44-30(20)22)31(40)29-25(33)14-21(15-26(29)34)37-8-6-36(2)7-9-37/h3-5,14-17,41-42H,6-13,18-19H2,1-2H3. The number of morpholine rings is 1. The van der Waals surface area contributed by atoms with Crippen LogP contribution in [0.25, 0.3) is 11.1 Å². The molecular weight excluding hydrogens is 610 g/mol. The summed E-state index contributed by atoms with van der Waals surface area (Å²) < 4.78 is 27.2. The summed E-state index contributed by atoms with van der Waals surface area (Å²) in [6, 6.07) is 11.7. The molecule has 0 aromatic heterocycles. The molecule has 0 aliphatic carbocycles. The smallest absolute Gasteiger partial charge is 0.259 e. The highest BCUT2D eigenvalue weighted by molar-refractivity contribution is 6.40. The second-order valence-electron chi connectivity index (χ2n) is 11.6. The van der Waals surface area contributed by atoms with Gasteiger partial charge in [-0.05, 0) is 38.2 Å². The maximum Gasteiger partial charge on any atom is 0.259 e. The van der Waals surface area contributed by atoms with Crippen LogP contribution in [0.15, 0.2) is 42.5 Å². The van der Waals surface area contributed by atoms with Crippen LogP contribution < -0.4 is 14.5 Å². The van der Waals surface area contributed by atoms with Gasteiger partial charge in [-0.15, -0.1) is 0 Å². The van der Waals surface area contributed by atoms with Crippen molar-refractivity contribution in [3.05, 3.63) is 75.0 Å². The molecule has 9 nitrogen and oxygen atoms in total. The number of benzene rings is 3. The number of anilines is 2. The van der Waals surface area contributed by atoms with Crippen LogP contribution in [0.5, 0.6) is 5.75 Å². The number of aliphatic hydroxyl groups is 2. The monoisotopic (exact) mass is 644 g/mol. The van der Waals surface area contributed by atoms with Gasteiger partial charge < -0.3 is 39.3 Å². The zero-order valence-corrected chi connectivity index (χ0v) is 26.2. The van der Waals surface area contributed by atoms with Gasteiger partial charge in [-0.1, -0.05) is 41.4 Å². The molecule has 3 aromatic rings. The second kappa shape index (κ2) is 12.3. The summed E-state index contributed by atoms with van der Waals surface area (Å²) in [5.74, 6) is -2.78. The number of likely N-dealkylation sites (N-methyl/N-ethyl adjacent to an activating group) is 1. The van der Waals surface area contributed by atoms with Gasteiger partial charge >= 0.3 is 0 Å². The molecule has 44 heavy (non-hydrogen) atoms. The van der Waals surface area contributed by atoms with Gasteiger partial charge in [0.25, 0.3) is 5.91 Å². The SMILES string of the molecule is CN1CCN(c2cc(Cl)c(C(=O)N3COc4c(cccc4-c4cc(N5CCOCC5)c(C(C)(O)O)cc4F)C3)c(Cl)c2)CC1. The fraction of sp³-hybridized carbons (Fsp3) is 0.406. The molecule has 0 spiro atoms. The van der Waals surface area contributed by atoms with Crippen molar-refractivity contribution in [1.82, 2.24) is 9.80 Å². The van der Waals surface area contributed by atoms with Crippen molar-refractivity contribution in [3.63, 3.8) is 0 Å². The van der Waals surface area contributed by atoms with Crippen molar-refractivity contribution in [3.8, 4) is 16.9 Å². The van der Waals surface area contributed by atoms with Crippen molar-refractivity contribution >= 4 is 40.5 Å². The van der Waals surface area contributed by atoms with Crippen molar-refractivity contribution in [2.75, 3.05) is 76.1 Å². The maximum atomic E-state index is 15.7. The van der Waals surface area contributed by atoms with E-state index in [0.717, 1.165) is 37.9 Å². The highest BCUT2D eigenvalue weighted by Gasteiger charge is 2.32. The summed E-state index contributed by atoms with van der Waals surface area (Å²) in [7, 11) is 2.08. The molecule has 0 unspecified atom stereocenters. The zero-order chi connectivity index (χ0) is 31.2. The number of carbonyl (C=O) groups is 1. The average molecular weight is 646 g/mol. The topological polar surface area (TPSA) is 89.0 Å². The molecular formula is C32H35Cl2FN4O5. The Hall–Kier alpha value is -3.12. The van der Waals surface area contributed by atoms with Crippen molar-refractivity contribution in [2.45, 2.75) is 19.3 Å². The van der Waals surface area contributed by atoms with Gasteiger partial charge in [0.15, 0.2) is 12.5 Å². The highest BCUT2D eigenvalue weighted by atomic mass is 35.5.